The number of rotatable bonds is 4. The first kappa shape index (κ1) is 13.5. The first-order valence-electron chi connectivity index (χ1n) is 6.66. The van der Waals surface area contributed by atoms with Crippen LogP contribution in [0.5, 0.6) is 0 Å². The van der Waals surface area contributed by atoms with Crippen LogP contribution in [-0.2, 0) is 10.3 Å². The molecule has 1 saturated heterocycles. The summed E-state index contributed by atoms with van der Waals surface area (Å²) in [7, 11) is 0. The fourth-order valence-electron chi connectivity index (χ4n) is 2.43. The Hall–Kier alpha value is -0.930. The molecular formula is C15H22FNO. The molecule has 0 aliphatic carbocycles. The molecule has 2 unspecified atom stereocenters. The maximum atomic E-state index is 13.6. The number of hydrogen-bond donors (Lipinski definition) is 1. The molecule has 2 atom stereocenters. The molecule has 2 nitrogen and oxygen atoms in total. The Morgan fingerprint density at radius 3 is 2.89 bits per heavy atom. The number of aryl methyl sites for hydroxylation is 1. The lowest BCUT2D eigenvalue weighted by molar-refractivity contribution is 0.0967. The number of nitrogens with two attached hydrogens (primary N) is 1. The minimum absolute atomic E-state index is 0.179. The average Bonchev–Trinajstić information content (AvgIpc) is 2.83. The van der Waals surface area contributed by atoms with Gasteiger partial charge in [0.05, 0.1) is 6.10 Å². The second-order valence-electron chi connectivity index (χ2n) is 5.56. The monoisotopic (exact) mass is 251 g/mol. The summed E-state index contributed by atoms with van der Waals surface area (Å²) in [4.78, 5) is 0. The van der Waals surface area contributed by atoms with E-state index in [1.165, 1.54) is 0 Å². The van der Waals surface area contributed by atoms with Gasteiger partial charge in [0.25, 0.3) is 0 Å². The van der Waals surface area contributed by atoms with Crippen LogP contribution < -0.4 is 5.73 Å². The highest BCUT2D eigenvalue weighted by atomic mass is 19.1. The van der Waals surface area contributed by atoms with E-state index in [0.29, 0.717) is 11.7 Å². The van der Waals surface area contributed by atoms with Gasteiger partial charge in [-0.1, -0.05) is 12.1 Å². The fourth-order valence-corrected chi connectivity index (χ4v) is 2.43. The molecule has 1 heterocycles. The SMILES string of the molecule is Cc1ccc(C(C)(N)CCC2CCCO2)cc1F. The molecule has 0 radical (unpaired) electrons. The summed E-state index contributed by atoms with van der Waals surface area (Å²) >= 11 is 0. The summed E-state index contributed by atoms with van der Waals surface area (Å²) in [5, 5.41) is 0. The summed E-state index contributed by atoms with van der Waals surface area (Å²) < 4.78 is 19.2. The maximum Gasteiger partial charge on any atom is 0.126 e. The molecule has 1 aromatic rings. The van der Waals surface area contributed by atoms with E-state index < -0.39 is 5.54 Å². The zero-order valence-electron chi connectivity index (χ0n) is 11.2. The van der Waals surface area contributed by atoms with Crippen molar-refractivity contribution in [2.45, 2.75) is 51.2 Å². The van der Waals surface area contributed by atoms with E-state index >= 15 is 0 Å². The van der Waals surface area contributed by atoms with E-state index in [1.54, 1.807) is 19.1 Å². The van der Waals surface area contributed by atoms with Crippen molar-refractivity contribution < 1.29 is 9.13 Å². The topological polar surface area (TPSA) is 35.2 Å². The van der Waals surface area contributed by atoms with Crippen LogP contribution in [0.2, 0.25) is 0 Å². The third-order valence-electron chi connectivity index (χ3n) is 3.84. The third-order valence-corrected chi connectivity index (χ3v) is 3.84. The molecule has 1 aliphatic rings. The van der Waals surface area contributed by atoms with Crippen LogP contribution in [0.1, 0.15) is 43.7 Å². The van der Waals surface area contributed by atoms with Gasteiger partial charge in [0.2, 0.25) is 0 Å². The highest BCUT2D eigenvalue weighted by Crippen LogP contribution is 2.28. The number of ether oxygens (including phenoxy) is 1. The molecule has 3 heteroatoms. The molecule has 0 saturated carbocycles. The zero-order chi connectivity index (χ0) is 13.2. The molecule has 1 aliphatic heterocycles. The Balaban J connectivity index is 2.01. The van der Waals surface area contributed by atoms with Gasteiger partial charge in [-0.25, -0.2) is 4.39 Å². The first-order chi connectivity index (χ1) is 8.49. The predicted molar refractivity (Wildman–Crippen MR) is 70.9 cm³/mol. The molecular weight excluding hydrogens is 229 g/mol. The highest BCUT2D eigenvalue weighted by Gasteiger charge is 2.25. The smallest absolute Gasteiger partial charge is 0.126 e. The minimum atomic E-state index is -0.486. The molecule has 0 aromatic heterocycles. The summed E-state index contributed by atoms with van der Waals surface area (Å²) in [6.45, 7) is 4.59. The molecule has 2 rings (SSSR count). The second kappa shape index (κ2) is 5.37. The lowest BCUT2D eigenvalue weighted by atomic mass is 9.86. The zero-order valence-corrected chi connectivity index (χ0v) is 11.2. The van der Waals surface area contributed by atoms with Crippen molar-refractivity contribution in [1.82, 2.24) is 0 Å². The predicted octanol–water partition coefficient (Wildman–Crippen LogP) is 3.27. The number of halogens is 1. The van der Waals surface area contributed by atoms with Gasteiger partial charge in [0.1, 0.15) is 5.82 Å². The average molecular weight is 251 g/mol. The lowest BCUT2D eigenvalue weighted by Gasteiger charge is -2.27. The standard InChI is InChI=1S/C15H22FNO/c1-11-5-6-12(10-14(11)16)15(2,17)8-7-13-4-3-9-18-13/h5-6,10,13H,3-4,7-9,17H2,1-2H3. The molecule has 0 spiro atoms. The summed E-state index contributed by atoms with van der Waals surface area (Å²) in [6, 6.07) is 5.28. The van der Waals surface area contributed by atoms with Crippen LogP contribution >= 0.6 is 0 Å². The number of benzene rings is 1. The largest absolute Gasteiger partial charge is 0.378 e. The van der Waals surface area contributed by atoms with Gasteiger partial charge in [-0.3, -0.25) is 0 Å². The third kappa shape index (κ3) is 3.09. The maximum absolute atomic E-state index is 13.6. The van der Waals surface area contributed by atoms with E-state index in [0.717, 1.165) is 37.9 Å². The Bertz CT molecular complexity index is 411. The van der Waals surface area contributed by atoms with Crippen molar-refractivity contribution in [3.63, 3.8) is 0 Å². The minimum Gasteiger partial charge on any atom is -0.378 e. The first-order valence-corrected chi connectivity index (χ1v) is 6.66. The Morgan fingerprint density at radius 1 is 1.50 bits per heavy atom. The van der Waals surface area contributed by atoms with E-state index in [2.05, 4.69) is 0 Å². The summed E-state index contributed by atoms with van der Waals surface area (Å²) in [5.74, 6) is -0.179. The van der Waals surface area contributed by atoms with Crippen LogP contribution in [0.3, 0.4) is 0 Å². The van der Waals surface area contributed by atoms with Gasteiger partial charge < -0.3 is 10.5 Å². The molecule has 0 bridgehead atoms. The van der Waals surface area contributed by atoms with Crippen molar-refractivity contribution in [1.29, 1.82) is 0 Å². The van der Waals surface area contributed by atoms with E-state index in [4.69, 9.17) is 10.5 Å². The van der Waals surface area contributed by atoms with Gasteiger partial charge in [-0.2, -0.15) is 0 Å². The van der Waals surface area contributed by atoms with Gasteiger partial charge in [0, 0.05) is 12.1 Å². The highest BCUT2D eigenvalue weighted by molar-refractivity contribution is 5.28. The van der Waals surface area contributed by atoms with Crippen LogP contribution in [0.15, 0.2) is 18.2 Å². The lowest BCUT2D eigenvalue weighted by Crippen LogP contribution is -2.34. The quantitative estimate of drug-likeness (QED) is 0.891. The van der Waals surface area contributed by atoms with Gasteiger partial charge in [-0.05, 0) is 56.7 Å². The fraction of sp³-hybridized carbons (Fsp3) is 0.600. The second-order valence-corrected chi connectivity index (χ2v) is 5.56. The Labute approximate surface area is 108 Å². The van der Waals surface area contributed by atoms with Crippen LogP contribution in [0, 0.1) is 12.7 Å². The van der Waals surface area contributed by atoms with Crippen molar-refractivity contribution in [2.24, 2.45) is 5.73 Å². The molecule has 2 N–H and O–H groups in total. The Morgan fingerprint density at radius 2 is 2.28 bits per heavy atom. The van der Waals surface area contributed by atoms with Crippen LogP contribution in [-0.4, -0.2) is 12.7 Å². The molecule has 1 fully saturated rings. The van der Waals surface area contributed by atoms with E-state index in [1.807, 2.05) is 13.0 Å². The van der Waals surface area contributed by atoms with Gasteiger partial charge >= 0.3 is 0 Å². The van der Waals surface area contributed by atoms with E-state index in [-0.39, 0.29) is 5.82 Å². The molecule has 0 amide bonds. The van der Waals surface area contributed by atoms with E-state index in [9.17, 15) is 4.39 Å². The normalized spacial score (nSPS) is 23.0. The van der Waals surface area contributed by atoms with Crippen molar-refractivity contribution >= 4 is 0 Å². The Kier molecular flexibility index (Phi) is 4.03. The number of hydrogen-bond acceptors (Lipinski definition) is 2. The van der Waals surface area contributed by atoms with Crippen LogP contribution in [0.4, 0.5) is 4.39 Å². The molecule has 18 heavy (non-hydrogen) atoms. The van der Waals surface area contributed by atoms with Crippen LogP contribution in [0.25, 0.3) is 0 Å². The van der Waals surface area contributed by atoms with Gasteiger partial charge in [0.15, 0.2) is 0 Å². The summed E-state index contributed by atoms with van der Waals surface area (Å²) in [6.07, 6.45) is 4.37. The van der Waals surface area contributed by atoms with Gasteiger partial charge in [-0.15, -0.1) is 0 Å². The summed E-state index contributed by atoms with van der Waals surface area (Å²) in [5.41, 5.74) is 7.35. The molecule has 1 aromatic carbocycles. The van der Waals surface area contributed by atoms with Crippen molar-refractivity contribution in [3.05, 3.63) is 35.1 Å². The van der Waals surface area contributed by atoms with Crippen molar-refractivity contribution in [3.8, 4) is 0 Å². The van der Waals surface area contributed by atoms with Crippen molar-refractivity contribution in [2.75, 3.05) is 6.61 Å². The molecule has 100 valence electrons.